The molecule has 0 saturated carbocycles. The SMILES string of the molecule is CC1(C)OB(c2ccc3c(c2)c2cc(B4OC(C)(C)C(C)(C)O4)ccc2n3-c2ccc(Br)cc2)OC1(C)C. The largest absolute Gasteiger partial charge is 0.494 e. The lowest BCUT2D eigenvalue weighted by molar-refractivity contribution is 0.00578. The third kappa shape index (κ3) is 3.99. The summed E-state index contributed by atoms with van der Waals surface area (Å²) in [5.41, 5.74) is 3.75. The van der Waals surface area contributed by atoms with Crippen LogP contribution in [0, 0.1) is 0 Å². The highest BCUT2D eigenvalue weighted by molar-refractivity contribution is 9.10. The Morgan fingerprint density at radius 1 is 0.553 bits per heavy atom. The van der Waals surface area contributed by atoms with Gasteiger partial charge in [0.25, 0.3) is 0 Å². The van der Waals surface area contributed by atoms with Crippen molar-refractivity contribution in [2.24, 2.45) is 0 Å². The topological polar surface area (TPSA) is 41.9 Å². The molecule has 0 N–H and O–H groups in total. The maximum atomic E-state index is 6.39. The highest BCUT2D eigenvalue weighted by Gasteiger charge is 2.53. The van der Waals surface area contributed by atoms with Gasteiger partial charge in [0.15, 0.2) is 0 Å². The van der Waals surface area contributed by atoms with Crippen LogP contribution in [-0.4, -0.2) is 41.2 Å². The molecule has 0 bridgehead atoms. The zero-order valence-electron chi connectivity index (χ0n) is 23.4. The van der Waals surface area contributed by atoms with Crippen LogP contribution >= 0.6 is 15.9 Å². The van der Waals surface area contributed by atoms with E-state index in [2.05, 4.69) is 137 Å². The molecule has 2 aliphatic heterocycles. The molecule has 0 radical (unpaired) electrons. The van der Waals surface area contributed by atoms with Gasteiger partial charge in [-0.25, -0.2) is 0 Å². The molecule has 1 aromatic heterocycles. The quantitative estimate of drug-likeness (QED) is 0.276. The van der Waals surface area contributed by atoms with Gasteiger partial charge in [0.05, 0.1) is 33.4 Å². The Balaban J connectivity index is 1.53. The molecular weight excluding hydrogens is 540 g/mol. The first-order chi connectivity index (χ1) is 17.7. The number of rotatable bonds is 3. The van der Waals surface area contributed by atoms with Crippen molar-refractivity contribution in [2.45, 2.75) is 77.8 Å². The van der Waals surface area contributed by atoms with E-state index in [0.717, 1.165) is 42.9 Å². The third-order valence-corrected chi connectivity index (χ3v) is 9.48. The van der Waals surface area contributed by atoms with Gasteiger partial charge in [-0.1, -0.05) is 40.2 Å². The van der Waals surface area contributed by atoms with Gasteiger partial charge < -0.3 is 23.2 Å². The van der Waals surface area contributed by atoms with Crippen LogP contribution < -0.4 is 10.9 Å². The monoisotopic (exact) mass is 573 g/mol. The molecule has 5 nitrogen and oxygen atoms in total. The second-order valence-electron chi connectivity index (χ2n) is 12.5. The maximum Gasteiger partial charge on any atom is 0.494 e. The van der Waals surface area contributed by atoms with Crippen molar-refractivity contribution in [2.75, 3.05) is 0 Å². The molecule has 0 spiro atoms. The van der Waals surface area contributed by atoms with Gasteiger partial charge in [0, 0.05) is 20.9 Å². The fourth-order valence-corrected chi connectivity index (χ4v) is 5.44. The van der Waals surface area contributed by atoms with Crippen molar-refractivity contribution in [3.05, 3.63) is 65.1 Å². The van der Waals surface area contributed by atoms with Crippen molar-refractivity contribution in [3.8, 4) is 5.69 Å². The number of hydrogen-bond donors (Lipinski definition) is 0. The van der Waals surface area contributed by atoms with E-state index < -0.39 is 36.6 Å². The first-order valence-corrected chi connectivity index (χ1v) is 14.0. The molecule has 0 amide bonds. The van der Waals surface area contributed by atoms with Gasteiger partial charge >= 0.3 is 14.2 Å². The van der Waals surface area contributed by atoms with Gasteiger partial charge in [-0.05, 0) is 103 Å². The predicted molar refractivity (Wildman–Crippen MR) is 160 cm³/mol. The summed E-state index contributed by atoms with van der Waals surface area (Å²) < 4.78 is 28.9. The number of fused-ring (bicyclic) bond motifs is 3. The molecule has 6 rings (SSSR count). The van der Waals surface area contributed by atoms with Crippen LogP contribution in [0.15, 0.2) is 65.1 Å². The lowest BCUT2D eigenvalue weighted by Gasteiger charge is -2.32. The summed E-state index contributed by atoms with van der Waals surface area (Å²) >= 11 is 3.57. The van der Waals surface area contributed by atoms with Crippen LogP contribution in [0.3, 0.4) is 0 Å². The minimum Gasteiger partial charge on any atom is -0.399 e. The number of aromatic nitrogens is 1. The third-order valence-electron chi connectivity index (χ3n) is 8.95. The first-order valence-electron chi connectivity index (χ1n) is 13.2. The average Bonchev–Trinajstić information content (AvgIpc) is 3.36. The lowest BCUT2D eigenvalue weighted by Crippen LogP contribution is -2.41. The first kappa shape index (κ1) is 26.1. The summed E-state index contributed by atoms with van der Waals surface area (Å²) in [5.74, 6) is 0. The molecule has 2 aliphatic rings. The predicted octanol–water partition coefficient (Wildman–Crippen LogP) is 6.14. The van der Waals surface area contributed by atoms with Crippen LogP contribution in [-0.2, 0) is 18.6 Å². The van der Waals surface area contributed by atoms with Crippen LogP contribution in [0.4, 0.5) is 0 Å². The summed E-state index contributed by atoms with van der Waals surface area (Å²) in [5, 5.41) is 2.27. The molecular formula is C30H34B2BrNO4. The van der Waals surface area contributed by atoms with E-state index in [4.69, 9.17) is 18.6 Å². The van der Waals surface area contributed by atoms with Crippen molar-refractivity contribution < 1.29 is 18.6 Å². The molecule has 196 valence electrons. The van der Waals surface area contributed by atoms with Crippen LogP contribution in [0.2, 0.25) is 0 Å². The molecule has 2 saturated heterocycles. The van der Waals surface area contributed by atoms with E-state index in [1.807, 2.05) is 0 Å². The van der Waals surface area contributed by atoms with E-state index in [-0.39, 0.29) is 0 Å². The maximum absolute atomic E-state index is 6.39. The van der Waals surface area contributed by atoms with E-state index in [9.17, 15) is 0 Å². The van der Waals surface area contributed by atoms with Crippen LogP contribution in [0.25, 0.3) is 27.5 Å². The van der Waals surface area contributed by atoms with Crippen LogP contribution in [0.5, 0.6) is 0 Å². The normalized spacial score (nSPS) is 21.6. The molecule has 38 heavy (non-hydrogen) atoms. The van der Waals surface area contributed by atoms with Gasteiger partial charge in [0.2, 0.25) is 0 Å². The molecule has 3 heterocycles. The number of benzene rings is 3. The average molecular weight is 574 g/mol. The summed E-state index contributed by atoms with van der Waals surface area (Å²) in [6, 6.07) is 21.4. The van der Waals surface area contributed by atoms with Crippen molar-refractivity contribution in [1.29, 1.82) is 0 Å². The van der Waals surface area contributed by atoms with E-state index in [0.29, 0.717) is 0 Å². The van der Waals surface area contributed by atoms with Gasteiger partial charge in [-0.3, -0.25) is 0 Å². The van der Waals surface area contributed by atoms with Crippen molar-refractivity contribution >= 4 is 62.9 Å². The molecule has 0 unspecified atom stereocenters. The Kier molecular flexibility index (Phi) is 5.82. The van der Waals surface area contributed by atoms with E-state index in [1.54, 1.807) is 0 Å². The Morgan fingerprint density at radius 2 is 0.921 bits per heavy atom. The van der Waals surface area contributed by atoms with E-state index in [1.165, 1.54) is 0 Å². The summed E-state index contributed by atoms with van der Waals surface area (Å²) in [6.45, 7) is 16.7. The molecule has 0 atom stereocenters. The highest BCUT2D eigenvalue weighted by Crippen LogP contribution is 2.39. The summed E-state index contributed by atoms with van der Waals surface area (Å²) in [7, 11) is -0.858. The zero-order chi connectivity index (χ0) is 27.3. The fourth-order valence-electron chi connectivity index (χ4n) is 5.18. The molecule has 0 aliphatic carbocycles. The standard InChI is InChI=1S/C30H34B2BrNO4/c1-27(2)28(3,4)36-31(35-27)19-9-15-25-23(17-19)24-18-20(32-37-29(5,6)30(7,8)38-32)10-16-26(24)34(25)22-13-11-21(33)12-14-22/h9-18H,1-8H3. The number of nitrogens with zero attached hydrogens (tertiary/aromatic N) is 1. The van der Waals surface area contributed by atoms with Crippen LogP contribution in [0.1, 0.15) is 55.4 Å². The Labute approximate surface area is 234 Å². The Hall–Kier alpha value is -2.09. The van der Waals surface area contributed by atoms with Gasteiger partial charge in [-0.15, -0.1) is 0 Å². The van der Waals surface area contributed by atoms with Gasteiger partial charge in [-0.2, -0.15) is 0 Å². The second kappa shape index (κ2) is 8.45. The minimum atomic E-state index is -0.429. The Bertz CT molecular complexity index is 1430. The molecule has 2 fully saturated rings. The summed E-state index contributed by atoms with van der Waals surface area (Å²) in [6.07, 6.45) is 0. The highest BCUT2D eigenvalue weighted by atomic mass is 79.9. The van der Waals surface area contributed by atoms with Gasteiger partial charge in [0.1, 0.15) is 0 Å². The Morgan fingerprint density at radius 3 is 1.29 bits per heavy atom. The second-order valence-corrected chi connectivity index (χ2v) is 13.5. The smallest absolute Gasteiger partial charge is 0.399 e. The zero-order valence-corrected chi connectivity index (χ0v) is 25.0. The lowest BCUT2D eigenvalue weighted by atomic mass is 9.77. The van der Waals surface area contributed by atoms with E-state index >= 15 is 0 Å². The fraction of sp³-hybridized carbons (Fsp3) is 0.400. The molecule has 8 heteroatoms. The molecule has 3 aromatic carbocycles. The number of halogens is 1. The molecule has 4 aromatic rings. The van der Waals surface area contributed by atoms with Crippen molar-refractivity contribution in [3.63, 3.8) is 0 Å². The van der Waals surface area contributed by atoms with Crippen molar-refractivity contribution in [1.82, 2.24) is 4.57 Å². The minimum absolute atomic E-state index is 0.401. The number of hydrogen-bond acceptors (Lipinski definition) is 4. The summed E-state index contributed by atoms with van der Waals surface area (Å²) in [4.78, 5) is 0.